The van der Waals surface area contributed by atoms with Crippen molar-refractivity contribution in [1.29, 1.82) is 0 Å². The fourth-order valence-corrected chi connectivity index (χ4v) is 3.67. The largest absolute Gasteiger partial charge is 0.494 e. The van der Waals surface area contributed by atoms with Crippen LogP contribution in [0.5, 0.6) is 11.5 Å². The Bertz CT molecular complexity index is 867. The molecule has 3 rings (SSSR count). The summed E-state index contributed by atoms with van der Waals surface area (Å²) in [6, 6.07) is 17.6. The maximum atomic E-state index is 5.84. The Hall–Kier alpha value is -2.51. The molecule has 1 heterocycles. The quantitative estimate of drug-likeness (QED) is 0.320. The molecule has 0 atom stereocenters. The summed E-state index contributed by atoms with van der Waals surface area (Å²) in [6.45, 7) is 8.95. The lowest BCUT2D eigenvalue weighted by Gasteiger charge is -2.17. The maximum absolute atomic E-state index is 5.84. The molecule has 0 N–H and O–H groups in total. The lowest BCUT2D eigenvalue weighted by molar-refractivity contribution is 0.249. The van der Waals surface area contributed by atoms with Gasteiger partial charge in [0.1, 0.15) is 11.5 Å². The van der Waals surface area contributed by atoms with Gasteiger partial charge in [0.15, 0.2) is 0 Å². The second-order valence-electron chi connectivity index (χ2n) is 6.97. The van der Waals surface area contributed by atoms with Crippen molar-refractivity contribution in [2.75, 3.05) is 38.6 Å². The molecule has 0 aliphatic carbocycles. The zero-order valence-electron chi connectivity index (χ0n) is 18.3. The first-order valence-corrected chi connectivity index (χ1v) is 12.0. The van der Waals surface area contributed by atoms with Crippen LogP contribution >= 0.6 is 11.8 Å². The summed E-state index contributed by atoms with van der Waals surface area (Å²) in [7, 11) is 0. The predicted octanol–water partition coefficient (Wildman–Crippen LogP) is 5.16. The summed E-state index contributed by atoms with van der Waals surface area (Å²) in [5.41, 5.74) is 0.895. The van der Waals surface area contributed by atoms with E-state index in [-0.39, 0.29) is 0 Å². The fraction of sp³-hybridized carbons (Fsp3) is 0.417. The number of para-hydroxylation sites is 1. The van der Waals surface area contributed by atoms with Crippen molar-refractivity contribution < 1.29 is 13.9 Å². The number of thioether (sulfide) groups is 1. The molecule has 0 fully saturated rings. The molecule has 166 valence electrons. The Morgan fingerprint density at radius 2 is 1.58 bits per heavy atom. The van der Waals surface area contributed by atoms with Crippen LogP contribution in [0.2, 0.25) is 0 Å². The van der Waals surface area contributed by atoms with Crippen molar-refractivity contribution in [3.05, 3.63) is 60.5 Å². The molecular formula is C24H31N3O3S. The number of aromatic nitrogens is 2. The van der Waals surface area contributed by atoms with Crippen LogP contribution in [-0.2, 0) is 5.75 Å². The highest BCUT2D eigenvalue weighted by atomic mass is 32.2. The minimum absolute atomic E-state index is 0.532. The van der Waals surface area contributed by atoms with Crippen molar-refractivity contribution in [2.45, 2.75) is 26.0 Å². The zero-order valence-corrected chi connectivity index (χ0v) is 19.1. The van der Waals surface area contributed by atoms with E-state index in [2.05, 4.69) is 28.9 Å². The van der Waals surface area contributed by atoms with Crippen LogP contribution in [0.1, 0.15) is 26.2 Å². The van der Waals surface area contributed by atoms with E-state index in [9.17, 15) is 0 Å². The molecule has 0 aliphatic rings. The molecule has 0 aliphatic heterocycles. The van der Waals surface area contributed by atoms with Gasteiger partial charge in [0.05, 0.1) is 19.0 Å². The van der Waals surface area contributed by atoms with Gasteiger partial charge in [0, 0.05) is 17.9 Å². The lowest BCUT2D eigenvalue weighted by atomic mass is 10.2. The van der Waals surface area contributed by atoms with E-state index < -0.39 is 0 Å². The molecule has 7 heteroatoms. The predicted molar refractivity (Wildman–Crippen MR) is 126 cm³/mol. The minimum atomic E-state index is 0.532. The standard InChI is InChI=1S/C24H31N3O3S/c1-3-27(4-2)15-8-16-28-22-13-11-20(12-14-22)24-26-25-23(30-24)19-31-18-17-29-21-9-6-5-7-10-21/h5-7,9-14H,3-4,8,15-19H2,1-2H3. The summed E-state index contributed by atoms with van der Waals surface area (Å²) in [5, 5.41) is 8.32. The van der Waals surface area contributed by atoms with Crippen LogP contribution in [0.3, 0.4) is 0 Å². The van der Waals surface area contributed by atoms with Gasteiger partial charge in [0.25, 0.3) is 0 Å². The molecule has 0 amide bonds. The topological polar surface area (TPSA) is 60.6 Å². The van der Waals surface area contributed by atoms with Crippen LogP contribution in [0, 0.1) is 0 Å². The number of ether oxygens (including phenoxy) is 2. The van der Waals surface area contributed by atoms with Gasteiger partial charge in [-0.05, 0) is 55.9 Å². The number of benzene rings is 2. The van der Waals surface area contributed by atoms with E-state index >= 15 is 0 Å². The fourth-order valence-electron chi connectivity index (χ4n) is 3.03. The summed E-state index contributed by atoms with van der Waals surface area (Å²) in [5.74, 6) is 4.42. The SMILES string of the molecule is CCN(CC)CCCOc1ccc(-c2nnc(CSCCOc3ccccc3)o2)cc1. The van der Waals surface area contributed by atoms with Crippen LogP contribution in [-0.4, -0.2) is 53.7 Å². The molecule has 0 unspecified atom stereocenters. The molecule has 31 heavy (non-hydrogen) atoms. The van der Waals surface area contributed by atoms with Crippen LogP contribution in [0.15, 0.2) is 59.0 Å². The highest BCUT2D eigenvalue weighted by Gasteiger charge is 2.09. The molecule has 0 bridgehead atoms. The van der Waals surface area contributed by atoms with Crippen LogP contribution < -0.4 is 9.47 Å². The van der Waals surface area contributed by atoms with Gasteiger partial charge in [0.2, 0.25) is 11.8 Å². The summed E-state index contributed by atoms with van der Waals surface area (Å²) in [6.07, 6.45) is 1.02. The summed E-state index contributed by atoms with van der Waals surface area (Å²) >= 11 is 1.71. The first kappa shape index (κ1) is 23.2. The van der Waals surface area contributed by atoms with Gasteiger partial charge in [-0.25, -0.2) is 0 Å². The van der Waals surface area contributed by atoms with E-state index in [1.165, 1.54) is 0 Å². The van der Waals surface area contributed by atoms with Crippen molar-refractivity contribution in [3.63, 3.8) is 0 Å². The van der Waals surface area contributed by atoms with E-state index in [0.29, 0.717) is 30.7 Å². The molecule has 1 aromatic heterocycles. The third-order valence-corrected chi connectivity index (χ3v) is 5.72. The van der Waals surface area contributed by atoms with Gasteiger partial charge in [-0.2, -0.15) is 0 Å². The molecular weight excluding hydrogens is 410 g/mol. The Kier molecular flexibility index (Phi) is 9.73. The van der Waals surface area contributed by atoms with Gasteiger partial charge in [-0.1, -0.05) is 32.0 Å². The molecule has 0 spiro atoms. The zero-order chi connectivity index (χ0) is 21.7. The van der Waals surface area contributed by atoms with Gasteiger partial charge in [-0.3, -0.25) is 0 Å². The Morgan fingerprint density at radius 3 is 2.32 bits per heavy atom. The molecule has 0 saturated heterocycles. The van der Waals surface area contributed by atoms with E-state index in [1.807, 2.05) is 54.6 Å². The van der Waals surface area contributed by atoms with Gasteiger partial charge in [-0.15, -0.1) is 22.0 Å². The second-order valence-corrected chi connectivity index (χ2v) is 8.07. The average Bonchev–Trinajstić information content (AvgIpc) is 3.29. The number of rotatable bonds is 14. The monoisotopic (exact) mass is 441 g/mol. The Labute approximate surface area is 189 Å². The third kappa shape index (κ3) is 7.92. The number of hydrogen-bond acceptors (Lipinski definition) is 7. The Morgan fingerprint density at radius 1 is 0.871 bits per heavy atom. The molecule has 0 radical (unpaired) electrons. The average molecular weight is 442 g/mol. The van der Waals surface area contributed by atoms with E-state index in [1.54, 1.807) is 11.8 Å². The van der Waals surface area contributed by atoms with Crippen LogP contribution in [0.4, 0.5) is 0 Å². The highest BCUT2D eigenvalue weighted by molar-refractivity contribution is 7.98. The molecule has 2 aromatic carbocycles. The smallest absolute Gasteiger partial charge is 0.247 e. The number of nitrogens with zero attached hydrogens (tertiary/aromatic N) is 3. The van der Waals surface area contributed by atoms with Crippen molar-refractivity contribution in [1.82, 2.24) is 15.1 Å². The summed E-state index contributed by atoms with van der Waals surface area (Å²) in [4.78, 5) is 2.40. The highest BCUT2D eigenvalue weighted by Crippen LogP contribution is 2.23. The van der Waals surface area contributed by atoms with Gasteiger partial charge < -0.3 is 18.8 Å². The van der Waals surface area contributed by atoms with Crippen molar-refractivity contribution >= 4 is 11.8 Å². The molecule has 6 nitrogen and oxygen atoms in total. The Balaban J connectivity index is 1.37. The number of hydrogen-bond donors (Lipinski definition) is 0. The second kappa shape index (κ2) is 13.0. The van der Waals surface area contributed by atoms with E-state index in [4.69, 9.17) is 13.9 Å². The van der Waals surface area contributed by atoms with E-state index in [0.717, 1.165) is 48.9 Å². The van der Waals surface area contributed by atoms with Gasteiger partial charge >= 0.3 is 0 Å². The molecule has 0 saturated carbocycles. The van der Waals surface area contributed by atoms with Crippen LogP contribution in [0.25, 0.3) is 11.5 Å². The third-order valence-electron chi connectivity index (χ3n) is 4.82. The normalized spacial score (nSPS) is 11.1. The lowest BCUT2D eigenvalue weighted by Crippen LogP contribution is -2.25. The minimum Gasteiger partial charge on any atom is -0.494 e. The summed E-state index contributed by atoms with van der Waals surface area (Å²) < 4.78 is 17.3. The van der Waals surface area contributed by atoms with Crippen molar-refractivity contribution in [3.8, 4) is 23.0 Å². The first-order valence-electron chi connectivity index (χ1n) is 10.8. The first-order chi connectivity index (χ1) is 15.3. The maximum Gasteiger partial charge on any atom is 0.247 e. The van der Waals surface area contributed by atoms with Crippen molar-refractivity contribution in [2.24, 2.45) is 0 Å². The molecule has 3 aromatic rings.